The number of nitrogens with zero attached hydrogens (tertiary/aromatic N) is 1. The summed E-state index contributed by atoms with van der Waals surface area (Å²) < 4.78 is 99.0. The molecule has 3 aromatic rings. The summed E-state index contributed by atoms with van der Waals surface area (Å²) >= 11 is 0. The quantitative estimate of drug-likeness (QED) is 0.213. The van der Waals surface area contributed by atoms with Crippen LogP contribution in [-0.4, -0.2) is 52.5 Å². The molecule has 1 fully saturated rings. The fourth-order valence-electron chi connectivity index (χ4n) is 5.78. The van der Waals surface area contributed by atoms with Gasteiger partial charge in [-0.2, -0.15) is 26.3 Å². The van der Waals surface area contributed by atoms with E-state index in [1.807, 2.05) is 0 Å². The molecule has 1 aliphatic rings. The van der Waals surface area contributed by atoms with Gasteiger partial charge in [0.15, 0.2) is 5.54 Å². The minimum atomic E-state index is -5.09. The van der Waals surface area contributed by atoms with Crippen molar-refractivity contribution < 1.29 is 60.0 Å². The van der Waals surface area contributed by atoms with Crippen molar-refractivity contribution in [2.75, 3.05) is 13.2 Å². The van der Waals surface area contributed by atoms with Gasteiger partial charge in [0.2, 0.25) is 0 Å². The zero-order valence-corrected chi connectivity index (χ0v) is 28.2. The maximum atomic E-state index is 14.1. The molecule has 276 valence electrons. The first-order valence-corrected chi connectivity index (χ1v) is 15.8. The Balaban J connectivity index is 1.78. The summed E-state index contributed by atoms with van der Waals surface area (Å²) in [6.45, 7) is 4.57. The van der Waals surface area contributed by atoms with E-state index in [-0.39, 0.29) is 25.5 Å². The van der Waals surface area contributed by atoms with Crippen LogP contribution in [0.1, 0.15) is 74.5 Å². The van der Waals surface area contributed by atoms with Gasteiger partial charge in [-0.25, -0.2) is 14.4 Å². The number of carboxylic acid groups (broad SMARTS) is 1. The number of carboxylic acids is 1. The molecule has 1 heterocycles. The summed E-state index contributed by atoms with van der Waals surface area (Å²) in [5.41, 5.74) is -7.15. The van der Waals surface area contributed by atoms with Gasteiger partial charge in [-0.05, 0) is 75.4 Å². The summed E-state index contributed by atoms with van der Waals surface area (Å²) in [6.07, 6.45) is -14.1. The standard InChI is InChI=1S/C36H38F6N2O7/c1-23(25-17-27(35(37,38)39)19-28(18-25)36(40,41)42)50-22-34(26-13-9-6-10-14-26)16-15-33(29(45)46,43-30(47)51-32(2,3)4)21-44(34)31(48)49-20-24-11-7-5-8-12-24/h5-14,17-19,23H,15-16,20-22H2,1-4H3,(H,43,47)(H,45,46)/t23-,33?,34-/m1/s1. The fraction of sp³-hybridized carbons (Fsp3) is 0.417. The number of amides is 2. The lowest BCUT2D eigenvalue weighted by Crippen LogP contribution is -2.70. The highest BCUT2D eigenvalue weighted by Gasteiger charge is 2.56. The number of aliphatic carboxylic acids is 1. The number of ether oxygens (including phenoxy) is 3. The minimum Gasteiger partial charge on any atom is -0.479 e. The summed E-state index contributed by atoms with van der Waals surface area (Å²) in [7, 11) is 0. The third-order valence-electron chi connectivity index (χ3n) is 8.45. The zero-order valence-electron chi connectivity index (χ0n) is 28.2. The van der Waals surface area contributed by atoms with Gasteiger partial charge >= 0.3 is 30.5 Å². The molecule has 0 aromatic heterocycles. The lowest BCUT2D eigenvalue weighted by molar-refractivity contribution is -0.152. The van der Waals surface area contributed by atoms with E-state index in [0.717, 1.165) is 4.90 Å². The van der Waals surface area contributed by atoms with Crippen molar-refractivity contribution in [3.63, 3.8) is 0 Å². The molecule has 3 atom stereocenters. The number of carbonyl (C=O) groups is 3. The number of alkyl halides is 6. The van der Waals surface area contributed by atoms with Crippen LogP contribution in [0.15, 0.2) is 78.9 Å². The van der Waals surface area contributed by atoms with Crippen LogP contribution in [0.4, 0.5) is 35.9 Å². The van der Waals surface area contributed by atoms with Gasteiger partial charge in [0, 0.05) is 0 Å². The smallest absolute Gasteiger partial charge is 0.416 e. The number of benzene rings is 3. The molecule has 2 N–H and O–H groups in total. The molecule has 15 heteroatoms. The van der Waals surface area contributed by atoms with Crippen molar-refractivity contribution in [3.8, 4) is 0 Å². The van der Waals surface area contributed by atoms with Crippen molar-refractivity contribution >= 4 is 18.2 Å². The second-order valence-electron chi connectivity index (χ2n) is 13.3. The highest BCUT2D eigenvalue weighted by atomic mass is 19.4. The number of rotatable bonds is 9. The van der Waals surface area contributed by atoms with Gasteiger partial charge in [0.05, 0.1) is 35.9 Å². The van der Waals surface area contributed by atoms with Crippen molar-refractivity contribution in [1.29, 1.82) is 0 Å². The van der Waals surface area contributed by atoms with Crippen LogP contribution in [0.5, 0.6) is 0 Å². The predicted molar refractivity (Wildman–Crippen MR) is 171 cm³/mol. The van der Waals surface area contributed by atoms with E-state index in [1.54, 1.807) is 81.4 Å². The number of halogens is 6. The van der Waals surface area contributed by atoms with E-state index in [0.29, 0.717) is 23.3 Å². The largest absolute Gasteiger partial charge is 0.479 e. The van der Waals surface area contributed by atoms with Crippen molar-refractivity contribution in [2.24, 2.45) is 0 Å². The first-order valence-electron chi connectivity index (χ1n) is 15.8. The first-order chi connectivity index (χ1) is 23.7. The number of hydrogen-bond acceptors (Lipinski definition) is 6. The molecule has 1 aliphatic heterocycles. The Morgan fingerprint density at radius 1 is 0.863 bits per heavy atom. The molecular formula is C36H38F6N2O7. The van der Waals surface area contributed by atoms with Crippen LogP contribution in [-0.2, 0) is 43.5 Å². The predicted octanol–water partition coefficient (Wildman–Crippen LogP) is 8.48. The van der Waals surface area contributed by atoms with Crippen LogP contribution in [0.2, 0.25) is 0 Å². The number of nitrogens with one attached hydrogen (secondary N) is 1. The monoisotopic (exact) mass is 724 g/mol. The van der Waals surface area contributed by atoms with Gasteiger partial charge in [0.1, 0.15) is 12.2 Å². The Hall–Kier alpha value is -4.79. The van der Waals surface area contributed by atoms with E-state index in [1.165, 1.54) is 6.92 Å². The number of carbonyl (C=O) groups excluding carboxylic acids is 2. The van der Waals surface area contributed by atoms with Gasteiger partial charge < -0.3 is 24.6 Å². The maximum Gasteiger partial charge on any atom is 0.416 e. The normalized spacial score (nSPS) is 20.3. The Labute approximate surface area is 290 Å². The number of piperidine rings is 1. The molecule has 0 saturated carbocycles. The molecule has 51 heavy (non-hydrogen) atoms. The van der Waals surface area contributed by atoms with E-state index >= 15 is 0 Å². The molecule has 3 aromatic carbocycles. The van der Waals surface area contributed by atoms with Crippen LogP contribution < -0.4 is 5.32 Å². The first kappa shape index (κ1) is 39.0. The molecule has 1 saturated heterocycles. The fourth-order valence-corrected chi connectivity index (χ4v) is 5.78. The molecule has 0 bridgehead atoms. The Morgan fingerprint density at radius 3 is 1.92 bits per heavy atom. The molecule has 4 rings (SSSR count). The third-order valence-corrected chi connectivity index (χ3v) is 8.45. The lowest BCUT2D eigenvalue weighted by Gasteiger charge is -2.52. The van der Waals surface area contributed by atoms with E-state index in [9.17, 15) is 45.8 Å². The molecule has 2 amide bonds. The number of alkyl carbamates (subject to hydrolysis) is 1. The average molecular weight is 725 g/mol. The Kier molecular flexibility index (Phi) is 11.3. The highest BCUT2D eigenvalue weighted by molar-refractivity contribution is 5.86. The Bertz CT molecular complexity index is 1660. The zero-order chi connectivity index (χ0) is 37.8. The van der Waals surface area contributed by atoms with Gasteiger partial charge in [-0.15, -0.1) is 0 Å². The SMILES string of the molecule is C[C@@H](OC[C@@]1(c2ccccc2)CCC(NC(=O)OC(C)(C)C)(C(=O)O)CN1C(=O)OCc1ccccc1)c1cc(C(F)(F)F)cc(C(F)(F)F)c1. The highest BCUT2D eigenvalue weighted by Crippen LogP contribution is 2.44. The number of likely N-dealkylation sites (tertiary alicyclic amines) is 1. The van der Waals surface area contributed by atoms with Crippen LogP contribution in [0.3, 0.4) is 0 Å². The molecule has 9 nitrogen and oxygen atoms in total. The van der Waals surface area contributed by atoms with Crippen molar-refractivity contribution in [2.45, 2.75) is 82.3 Å². The lowest BCUT2D eigenvalue weighted by atomic mass is 9.74. The van der Waals surface area contributed by atoms with Crippen LogP contribution in [0, 0.1) is 0 Å². The van der Waals surface area contributed by atoms with Crippen molar-refractivity contribution in [1.82, 2.24) is 10.2 Å². The van der Waals surface area contributed by atoms with E-state index in [4.69, 9.17) is 14.2 Å². The van der Waals surface area contributed by atoms with E-state index < -0.39 is 83.1 Å². The van der Waals surface area contributed by atoms with Crippen molar-refractivity contribution in [3.05, 3.63) is 107 Å². The van der Waals surface area contributed by atoms with Gasteiger partial charge in [-0.3, -0.25) is 4.90 Å². The average Bonchev–Trinajstić information content (AvgIpc) is 3.05. The molecular weight excluding hydrogens is 686 g/mol. The number of hydrogen-bond donors (Lipinski definition) is 2. The molecule has 0 spiro atoms. The summed E-state index contributed by atoms with van der Waals surface area (Å²) in [6, 6.07) is 17.9. The maximum absolute atomic E-state index is 14.1. The van der Waals surface area contributed by atoms with Gasteiger partial charge in [0.25, 0.3) is 0 Å². The molecule has 1 unspecified atom stereocenters. The third kappa shape index (κ3) is 9.51. The second kappa shape index (κ2) is 14.8. The van der Waals surface area contributed by atoms with Gasteiger partial charge in [-0.1, -0.05) is 60.7 Å². The second-order valence-corrected chi connectivity index (χ2v) is 13.3. The van der Waals surface area contributed by atoms with Crippen LogP contribution in [0.25, 0.3) is 0 Å². The topological polar surface area (TPSA) is 114 Å². The minimum absolute atomic E-state index is 0.0104. The summed E-state index contributed by atoms with van der Waals surface area (Å²) in [4.78, 5) is 40.9. The van der Waals surface area contributed by atoms with E-state index in [2.05, 4.69) is 5.32 Å². The van der Waals surface area contributed by atoms with Crippen LogP contribution >= 0.6 is 0 Å². The molecule has 0 aliphatic carbocycles. The Morgan fingerprint density at radius 2 is 1.41 bits per heavy atom. The summed E-state index contributed by atoms with van der Waals surface area (Å²) in [5.74, 6) is -1.49. The molecule has 0 radical (unpaired) electrons. The summed E-state index contributed by atoms with van der Waals surface area (Å²) in [5, 5.41) is 12.9.